The summed E-state index contributed by atoms with van der Waals surface area (Å²) in [6.45, 7) is 2.35. The van der Waals surface area contributed by atoms with E-state index < -0.39 is 0 Å². The second kappa shape index (κ2) is 11.4. The van der Waals surface area contributed by atoms with Crippen LogP contribution in [-0.2, 0) is 9.47 Å². The fourth-order valence-corrected chi connectivity index (χ4v) is 6.05. The summed E-state index contributed by atoms with van der Waals surface area (Å²) >= 11 is 0. The van der Waals surface area contributed by atoms with Crippen LogP contribution in [-0.4, -0.2) is 38.1 Å². The molecule has 2 aliphatic heterocycles. The quantitative estimate of drug-likeness (QED) is 0.347. The zero-order valence-electron chi connectivity index (χ0n) is 21.4. The molecule has 4 atom stereocenters. The van der Waals surface area contributed by atoms with Crippen LogP contribution < -0.4 is 9.47 Å². The first-order valence-electron chi connectivity index (χ1n) is 14.2. The van der Waals surface area contributed by atoms with Crippen molar-refractivity contribution in [3.05, 3.63) is 65.7 Å². The van der Waals surface area contributed by atoms with Gasteiger partial charge in [0.05, 0.1) is 13.2 Å². The smallest absolute Gasteiger partial charge is 0.130 e. The molecule has 0 radical (unpaired) electrons. The van der Waals surface area contributed by atoms with Gasteiger partial charge in [0.15, 0.2) is 0 Å². The third-order valence-electron chi connectivity index (χ3n) is 8.42. The Labute approximate surface area is 216 Å². The Bertz CT molecular complexity index is 1010. The molecule has 0 aromatic heterocycles. The molecule has 2 aromatic rings. The summed E-state index contributed by atoms with van der Waals surface area (Å²) in [7, 11) is 0. The van der Waals surface area contributed by atoms with E-state index in [-0.39, 0.29) is 12.2 Å². The summed E-state index contributed by atoms with van der Waals surface area (Å²) in [5.41, 5.74) is 4.17. The van der Waals surface area contributed by atoms with Crippen LogP contribution in [0.4, 0.5) is 0 Å². The average molecular weight is 489 g/mol. The van der Waals surface area contributed by atoms with Gasteiger partial charge in [-0.1, -0.05) is 62.4 Å². The van der Waals surface area contributed by atoms with Gasteiger partial charge >= 0.3 is 0 Å². The van der Waals surface area contributed by atoms with Gasteiger partial charge in [0.2, 0.25) is 0 Å². The lowest BCUT2D eigenvalue weighted by Crippen LogP contribution is -2.33. The largest absolute Gasteiger partial charge is 0.491 e. The zero-order valence-corrected chi connectivity index (χ0v) is 21.4. The molecule has 2 heterocycles. The Hall–Kier alpha value is -2.30. The Morgan fingerprint density at radius 3 is 2.31 bits per heavy atom. The number of hydrogen-bond donors (Lipinski definition) is 0. The van der Waals surface area contributed by atoms with Crippen LogP contribution in [0.5, 0.6) is 11.5 Å². The van der Waals surface area contributed by atoms with Gasteiger partial charge in [0.1, 0.15) is 36.4 Å². The molecule has 0 spiro atoms. The maximum absolute atomic E-state index is 6.67. The first kappa shape index (κ1) is 24.1. The predicted octanol–water partition coefficient (Wildman–Crippen LogP) is 7.32. The Morgan fingerprint density at radius 2 is 1.61 bits per heavy atom. The second-order valence-corrected chi connectivity index (χ2v) is 11.1. The third kappa shape index (κ3) is 6.33. The van der Waals surface area contributed by atoms with E-state index in [2.05, 4.69) is 54.6 Å². The van der Waals surface area contributed by atoms with Gasteiger partial charge in [0.25, 0.3) is 0 Å². The van der Waals surface area contributed by atoms with Crippen LogP contribution in [0, 0.1) is 5.92 Å². The molecule has 1 saturated carbocycles. The van der Waals surface area contributed by atoms with E-state index in [4.69, 9.17) is 18.9 Å². The predicted molar refractivity (Wildman–Crippen MR) is 143 cm³/mol. The van der Waals surface area contributed by atoms with E-state index in [1.54, 1.807) is 0 Å². The monoisotopic (exact) mass is 488 g/mol. The van der Waals surface area contributed by atoms with Gasteiger partial charge in [0, 0.05) is 0 Å². The number of allylic oxidation sites excluding steroid dienone is 2. The lowest BCUT2D eigenvalue weighted by Gasteiger charge is -2.29. The van der Waals surface area contributed by atoms with Gasteiger partial charge in [-0.15, -0.1) is 0 Å². The van der Waals surface area contributed by atoms with Crippen molar-refractivity contribution in [2.75, 3.05) is 19.8 Å². The molecule has 192 valence electrons. The molecule has 0 N–H and O–H groups in total. The average Bonchev–Trinajstić information content (AvgIpc) is 3.82. The molecule has 2 aromatic carbocycles. The third-order valence-corrected chi connectivity index (χ3v) is 8.42. The highest BCUT2D eigenvalue weighted by Crippen LogP contribution is 2.38. The fraction of sp³-hybridized carbons (Fsp3) is 0.562. The van der Waals surface area contributed by atoms with Crippen molar-refractivity contribution in [3.63, 3.8) is 0 Å². The molecule has 6 rings (SSSR count). The first-order chi connectivity index (χ1) is 17.8. The van der Waals surface area contributed by atoms with E-state index >= 15 is 0 Å². The van der Waals surface area contributed by atoms with Crippen molar-refractivity contribution in [2.45, 2.75) is 88.4 Å². The van der Waals surface area contributed by atoms with Crippen LogP contribution in [0.1, 0.15) is 81.3 Å². The van der Waals surface area contributed by atoms with Gasteiger partial charge in [-0.25, -0.2) is 0 Å². The number of hydrogen-bond acceptors (Lipinski definition) is 4. The van der Waals surface area contributed by atoms with Crippen LogP contribution >= 0.6 is 0 Å². The van der Waals surface area contributed by atoms with Gasteiger partial charge < -0.3 is 18.9 Å². The second-order valence-electron chi connectivity index (χ2n) is 11.1. The maximum Gasteiger partial charge on any atom is 0.130 e. The topological polar surface area (TPSA) is 43.5 Å². The number of rotatable bonds is 9. The minimum absolute atomic E-state index is 0.201. The van der Waals surface area contributed by atoms with Crippen LogP contribution in [0.15, 0.2) is 54.6 Å². The molecule has 0 amide bonds. The van der Waals surface area contributed by atoms with Crippen LogP contribution in [0.25, 0.3) is 5.57 Å². The van der Waals surface area contributed by atoms with E-state index in [9.17, 15) is 0 Å². The molecule has 0 bridgehead atoms. The van der Waals surface area contributed by atoms with Crippen molar-refractivity contribution in [3.8, 4) is 11.5 Å². The molecule has 4 aliphatic rings. The van der Waals surface area contributed by atoms with E-state index in [0.717, 1.165) is 37.6 Å². The van der Waals surface area contributed by atoms with E-state index in [1.165, 1.54) is 68.1 Å². The number of epoxide rings is 2. The summed E-state index contributed by atoms with van der Waals surface area (Å²) in [4.78, 5) is 0. The molecular weight excluding hydrogens is 448 g/mol. The Kier molecular flexibility index (Phi) is 7.62. The van der Waals surface area contributed by atoms with E-state index in [0.29, 0.717) is 24.5 Å². The molecule has 4 unspecified atom stereocenters. The summed E-state index contributed by atoms with van der Waals surface area (Å²) in [6.07, 6.45) is 15.9. The van der Waals surface area contributed by atoms with Crippen molar-refractivity contribution in [1.29, 1.82) is 0 Å². The number of benzene rings is 2. The molecule has 3 fully saturated rings. The molecule has 4 heteroatoms. The first-order valence-corrected chi connectivity index (χ1v) is 14.2. The van der Waals surface area contributed by atoms with Crippen molar-refractivity contribution >= 4 is 5.57 Å². The zero-order chi connectivity index (χ0) is 24.2. The molecule has 2 aliphatic carbocycles. The lowest BCUT2D eigenvalue weighted by atomic mass is 9.82. The summed E-state index contributed by atoms with van der Waals surface area (Å²) in [5.74, 6) is 3.14. The standard InChI is InChI=1S/C32H40O4/c1-2-4-7-26(8-5-3-1)32(31-22-35-31)36-29-10-6-9-27(19-29)25-13-11-23(12-14-25)24-15-17-28(18-16-24)33-20-30-21-34-30/h6,9-10,13,15-19,23,26,30-32H,1-5,7-8,11-12,14,20-22H2. The van der Waals surface area contributed by atoms with Gasteiger partial charge in [-0.3, -0.25) is 0 Å². The summed E-state index contributed by atoms with van der Waals surface area (Å²) < 4.78 is 23.5. The summed E-state index contributed by atoms with van der Waals surface area (Å²) in [6, 6.07) is 17.5. The normalized spacial score (nSPS) is 27.3. The van der Waals surface area contributed by atoms with E-state index in [1.807, 2.05) is 0 Å². The van der Waals surface area contributed by atoms with Crippen molar-refractivity contribution in [1.82, 2.24) is 0 Å². The Balaban J connectivity index is 1.08. The number of ether oxygens (including phenoxy) is 4. The molecule has 36 heavy (non-hydrogen) atoms. The maximum atomic E-state index is 6.67. The highest BCUT2D eigenvalue weighted by molar-refractivity contribution is 5.67. The fourth-order valence-electron chi connectivity index (χ4n) is 6.05. The summed E-state index contributed by atoms with van der Waals surface area (Å²) in [5, 5.41) is 0. The van der Waals surface area contributed by atoms with Crippen molar-refractivity contribution < 1.29 is 18.9 Å². The van der Waals surface area contributed by atoms with Crippen LogP contribution in [0.2, 0.25) is 0 Å². The minimum atomic E-state index is 0.201. The highest BCUT2D eigenvalue weighted by atomic mass is 16.6. The van der Waals surface area contributed by atoms with Gasteiger partial charge in [-0.2, -0.15) is 0 Å². The van der Waals surface area contributed by atoms with Gasteiger partial charge in [-0.05, 0) is 84.9 Å². The SMILES string of the molecule is C1=C(c2cccc(OC(C3CCCCCCC3)C3CO3)c2)CCC(c2ccc(OCC3CO3)cc2)C1. The molecule has 4 nitrogen and oxygen atoms in total. The lowest BCUT2D eigenvalue weighted by molar-refractivity contribution is 0.0853. The van der Waals surface area contributed by atoms with Crippen molar-refractivity contribution in [2.24, 2.45) is 5.92 Å². The minimum Gasteiger partial charge on any atom is -0.491 e. The highest BCUT2D eigenvalue weighted by Gasteiger charge is 2.39. The Morgan fingerprint density at radius 1 is 0.833 bits per heavy atom. The molecular formula is C32H40O4. The molecule has 2 saturated heterocycles. The van der Waals surface area contributed by atoms with Crippen LogP contribution in [0.3, 0.4) is 0 Å².